The fourth-order valence-corrected chi connectivity index (χ4v) is 4.37. The summed E-state index contributed by atoms with van der Waals surface area (Å²) < 4.78 is 16.5. The summed E-state index contributed by atoms with van der Waals surface area (Å²) in [7, 11) is 2.97. The Morgan fingerprint density at radius 3 is 2.31 bits per heavy atom. The number of methoxy groups -OCH3 is 2. The second kappa shape index (κ2) is 10.3. The summed E-state index contributed by atoms with van der Waals surface area (Å²) >= 11 is 6.18. The van der Waals surface area contributed by atoms with Crippen LogP contribution in [0, 0.1) is 0 Å². The molecule has 3 aromatic carbocycles. The maximum absolute atomic E-state index is 13.4. The number of ketones is 1. The van der Waals surface area contributed by atoms with E-state index in [0.717, 1.165) is 0 Å². The third-order valence-electron chi connectivity index (χ3n) is 5.76. The van der Waals surface area contributed by atoms with Crippen molar-refractivity contribution in [3.63, 3.8) is 0 Å². The van der Waals surface area contributed by atoms with Crippen molar-refractivity contribution in [2.75, 3.05) is 19.1 Å². The predicted molar refractivity (Wildman–Crippen MR) is 138 cm³/mol. The topological polar surface area (TPSA) is 85.3 Å². The molecule has 1 fully saturated rings. The van der Waals surface area contributed by atoms with Gasteiger partial charge in [-0.15, -0.1) is 0 Å². The molecule has 0 radical (unpaired) electrons. The molecule has 36 heavy (non-hydrogen) atoms. The van der Waals surface area contributed by atoms with E-state index >= 15 is 0 Å². The first-order valence-corrected chi connectivity index (χ1v) is 11.7. The summed E-state index contributed by atoms with van der Waals surface area (Å²) in [6.45, 7) is 3.83. The normalized spacial score (nSPS) is 16.9. The molecule has 4 rings (SSSR count). The third kappa shape index (κ3) is 4.75. The molecule has 1 atom stereocenters. The first kappa shape index (κ1) is 25.1. The second-order valence-electron chi connectivity index (χ2n) is 8.45. The van der Waals surface area contributed by atoms with Gasteiger partial charge in [0, 0.05) is 10.7 Å². The minimum atomic E-state index is -0.930. The van der Waals surface area contributed by atoms with Gasteiger partial charge in [0.25, 0.3) is 11.7 Å². The Morgan fingerprint density at radius 2 is 1.67 bits per heavy atom. The number of hydrogen-bond acceptors (Lipinski definition) is 6. The van der Waals surface area contributed by atoms with Crippen LogP contribution in [0.15, 0.2) is 72.3 Å². The van der Waals surface area contributed by atoms with Crippen molar-refractivity contribution in [3.8, 4) is 17.2 Å². The van der Waals surface area contributed by atoms with Gasteiger partial charge in [-0.2, -0.15) is 0 Å². The number of anilines is 1. The number of aliphatic hydroxyl groups is 1. The Hall–Kier alpha value is -3.97. The molecule has 0 aromatic heterocycles. The number of nitrogens with zero attached hydrogens (tertiary/aromatic N) is 1. The molecular weight excluding hydrogens is 482 g/mol. The van der Waals surface area contributed by atoms with E-state index in [2.05, 4.69) is 0 Å². The quantitative estimate of drug-likeness (QED) is 0.248. The van der Waals surface area contributed by atoms with E-state index in [-0.39, 0.29) is 23.0 Å². The van der Waals surface area contributed by atoms with Gasteiger partial charge in [-0.1, -0.05) is 23.7 Å². The lowest BCUT2D eigenvalue weighted by Gasteiger charge is -2.26. The highest BCUT2D eigenvalue weighted by molar-refractivity contribution is 6.51. The van der Waals surface area contributed by atoms with E-state index in [4.69, 9.17) is 25.8 Å². The highest BCUT2D eigenvalue weighted by Crippen LogP contribution is 2.44. The molecule has 3 aromatic rings. The number of rotatable bonds is 7. The summed E-state index contributed by atoms with van der Waals surface area (Å²) in [6.07, 6.45) is -0.0189. The minimum absolute atomic E-state index is 0.0189. The highest BCUT2D eigenvalue weighted by atomic mass is 35.5. The number of aliphatic hydroxyl groups excluding tert-OH is 1. The summed E-state index contributed by atoms with van der Waals surface area (Å²) in [5, 5.41) is 11.7. The number of amides is 1. The summed E-state index contributed by atoms with van der Waals surface area (Å²) in [5.41, 5.74) is 1.17. The van der Waals surface area contributed by atoms with Gasteiger partial charge in [0.15, 0.2) is 0 Å². The van der Waals surface area contributed by atoms with Crippen molar-refractivity contribution in [1.29, 1.82) is 0 Å². The molecule has 1 heterocycles. The van der Waals surface area contributed by atoms with Crippen molar-refractivity contribution >= 4 is 34.7 Å². The molecule has 186 valence electrons. The fraction of sp³-hybridized carbons (Fsp3) is 0.214. The third-order valence-corrected chi connectivity index (χ3v) is 5.99. The number of ether oxygens (including phenoxy) is 3. The second-order valence-corrected chi connectivity index (χ2v) is 8.89. The number of halogens is 1. The van der Waals surface area contributed by atoms with Crippen molar-refractivity contribution in [2.24, 2.45) is 0 Å². The van der Waals surface area contributed by atoms with Gasteiger partial charge < -0.3 is 19.3 Å². The summed E-state index contributed by atoms with van der Waals surface area (Å²) in [5.74, 6) is -0.510. The zero-order valence-corrected chi connectivity index (χ0v) is 21.1. The van der Waals surface area contributed by atoms with E-state index < -0.39 is 17.7 Å². The fourth-order valence-electron chi connectivity index (χ4n) is 4.19. The Labute approximate surface area is 214 Å². The maximum Gasteiger partial charge on any atom is 0.300 e. The van der Waals surface area contributed by atoms with Gasteiger partial charge in [-0.25, -0.2) is 0 Å². The van der Waals surface area contributed by atoms with Crippen molar-refractivity contribution < 1.29 is 28.9 Å². The van der Waals surface area contributed by atoms with Crippen LogP contribution in [0.5, 0.6) is 17.2 Å². The Kier molecular flexibility index (Phi) is 7.22. The molecule has 1 aliphatic heterocycles. The van der Waals surface area contributed by atoms with Crippen LogP contribution in [0.2, 0.25) is 5.02 Å². The first-order chi connectivity index (χ1) is 17.2. The van der Waals surface area contributed by atoms with Crippen LogP contribution in [-0.2, 0) is 9.59 Å². The summed E-state index contributed by atoms with van der Waals surface area (Å²) in [4.78, 5) is 28.1. The number of Topliss-reactive ketones (excluding diaryl/α,β-unsaturated/α-hetero) is 1. The van der Waals surface area contributed by atoms with Gasteiger partial charge >= 0.3 is 0 Å². The number of carbonyl (C=O) groups excluding carboxylic acids is 2. The Balaban J connectivity index is 1.93. The van der Waals surface area contributed by atoms with Crippen LogP contribution in [0.25, 0.3) is 5.76 Å². The zero-order valence-electron chi connectivity index (χ0n) is 20.3. The lowest BCUT2D eigenvalue weighted by molar-refractivity contribution is -0.132. The lowest BCUT2D eigenvalue weighted by atomic mass is 9.94. The largest absolute Gasteiger partial charge is 0.507 e. The molecule has 1 N–H and O–H groups in total. The molecule has 7 nitrogen and oxygen atoms in total. The smallest absolute Gasteiger partial charge is 0.300 e. The molecule has 1 aliphatic rings. The van der Waals surface area contributed by atoms with E-state index in [1.54, 1.807) is 60.7 Å². The molecule has 1 amide bonds. The molecule has 0 aliphatic carbocycles. The van der Waals surface area contributed by atoms with Crippen LogP contribution in [0.1, 0.15) is 31.0 Å². The average molecular weight is 508 g/mol. The van der Waals surface area contributed by atoms with Crippen LogP contribution >= 0.6 is 11.6 Å². The van der Waals surface area contributed by atoms with Crippen molar-refractivity contribution in [1.82, 2.24) is 0 Å². The predicted octanol–water partition coefficient (Wildman–Crippen LogP) is 5.77. The summed E-state index contributed by atoms with van der Waals surface area (Å²) in [6, 6.07) is 17.6. The van der Waals surface area contributed by atoms with Crippen LogP contribution in [0.4, 0.5) is 5.69 Å². The van der Waals surface area contributed by atoms with E-state index in [0.29, 0.717) is 33.5 Å². The van der Waals surface area contributed by atoms with Crippen LogP contribution in [-0.4, -0.2) is 37.1 Å². The van der Waals surface area contributed by atoms with Gasteiger partial charge in [-0.3, -0.25) is 14.5 Å². The number of carbonyl (C=O) groups is 2. The Bertz CT molecular complexity index is 1330. The van der Waals surface area contributed by atoms with E-state index in [1.807, 2.05) is 13.8 Å². The van der Waals surface area contributed by atoms with Gasteiger partial charge in [-0.05, 0) is 74.0 Å². The van der Waals surface area contributed by atoms with Crippen molar-refractivity contribution in [2.45, 2.75) is 26.0 Å². The zero-order chi connectivity index (χ0) is 26.0. The molecule has 0 spiro atoms. The highest BCUT2D eigenvalue weighted by Gasteiger charge is 2.47. The average Bonchev–Trinajstić information content (AvgIpc) is 3.14. The van der Waals surface area contributed by atoms with Crippen LogP contribution < -0.4 is 19.1 Å². The first-order valence-electron chi connectivity index (χ1n) is 11.3. The Morgan fingerprint density at radius 1 is 0.944 bits per heavy atom. The van der Waals surface area contributed by atoms with Crippen LogP contribution in [0.3, 0.4) is 0 Å². The monoisotopic (exact) mass is 507 g/mol. The standard InChI is InChI=1S/C28H26ClNO6/c1-16(2)36-20-11-9-19(10-12-20)30-25(17-6-5-7-21(14-17)34-3)24(27(32)28(30)33)26(31)22-15-18(29)8-13-23(22)35-4/h5-16,25,31H,1-4H3/b26-24+. The number of hydrogen-bond donors (Lipinski definition) is 1. The SMILES string of the molecule is COc1cccc(C2/C(=C(\O)c3cc(Cl)ccc3OC)C(=O)C(=O)N2c2ccc(OC(C)C)cc2)c1. The van der Waals surface area contributed by atoms with E-state index in [1.165, 1.54) is 25.2 Å². The molecule has 8 heteroatoms. The van der Waals surface area contributed by atoms with Gasteiger partial charge in [0.1, 0.15) is 23.0 Å². The molecule has 0 bridgehead atoms. The van der Waals surface area contributed by atoms with Gasteiger partial charge in [0.2, 0.25) is 0 Å². The van der Waals surface area contributed by atoms with Gasteiger partial charge in [0.05, 0.1) is 37.5 Å². The maximum atomic E-state index is 13.4. The lowest BCUT2D eigenvalue weighted by Crippen LogP contribution is -2.29. The molecular formula is C28H26ClNO6. The molecule has 1 unspecified atom stereocenters. The van der Waals surface area contributed by atoms with Crippen molar-refractivity contribution in [3.05, 3.63) is 88.5 Å². The minimum Gasteiger partial charge on any atom is -0.507 e. The van der Waals surface area contributed by atoms with E-state index in [9.17, 15) is 14.7 Å². The molecule has 0 saturated carbocycles. The molecule has 1 saturated heterocycles. The number of benzene rings is 3.